The summed E-state index contributed by atoms with van der Waals surface area (Å²) in [7, 11) is 0. The van der Waals surface area contributed by atoms with Gasteiger partial charge < -0.3 is 4.74 Å². The molecule has 0 bridgehead atoms. The minimum Gasteiger partial charge on any atom is -0.406 e. The third-order valence-corrected chi connectivity index (χ3v) is 2.13. The monoisotopic (exact) mass is 270 g/mol. The summed E-state index contributed by atoms with van der Waals surface area (Å²) in [4.78, 5) is 0. The van der Waals surface area contributed by atoms with E-state index in [-0.39, 0.29) is 6.42 Å². The third-order valence-electron chi connectivity index (χ3n) is 2.13. The molecule has 1 atom stereocenters. The van der Waals surface area contributed by atoms with Gasteiger partial charge in [0.2, 0.25) is 0 Å². The summed E-state index contributed by atoms with van der Waals surface area (Å²) in [6, 6.07) is 3.41. The first-order valence-electron chi connectivity index (χ1n) is 4.91. The first kappa shape index (κ1) is 14.7. The fraction of sp³-hybridized carbons (Fsp3) is 0.400. The lowest BCUT2D eigenvalue weighted by molar-refractivity contribution is -0.274. The maximum absolute atomic E-state index is 12.4. The molecule has 0 saturated heterocycles. The van der Waals surface area contributed by atoms with Crippen LogP contribution in [0.1, 0.15) is 5.56 Å². The lowest BCUT2D eigenvalue weighted by Gasteiger charge is -2.15. The van der Waals surface area contributed by atoms with Crippen molar-refractivity contribution < 1.29 is 26.7 Å². The number of benzene rings is 1. The molecule has 18 heavy (non-hydrogen) atoms. The molecule has 0 saturated carbocycles. The van der Waals surface area contributed by atoms with E-state index < -0.39 is 24.6 Å². The van der Waals surface area contributed by atoms with Gasteiger partial charge >= 0.3 is 6.36 Å². The molecule has 0 heterocycles. The Labute approximate surface area is 99.7 Å². The Balaban J connectivity index is 2.65. The Kier molecular flexibility index (Phi) is 4.85. The molecular formula is C10H11F5N2O. The molecule has 0 fully saturated rings. The third kappa shape index (κ3) is 4.84. The number of hydrazine groups is 1. The molecule has 0 radical (unpaired) electrons. The van der Waals surface area contributed by atoms with E-state index in [9.17, 15) is 22.0 Å². The molecule has 0 aromatic heterocycles. The highest BCUT2D eigenvalue weighted by molar-refractivity contribution is 5.28. The van der Waals surface area contributed by atoms with Gasteiger partial charge in [-0.25, -0.2) is 8.78 Å². The first-order chi connectivity index (χ1) is 8.31. The molecular weight excluding hydrogens is 259 g/mol. The van der Waals surface area contributed by atoms with E-state index in [1.54, 1.807) is 0 Å². The van der Waals surface area contributed by atoms with Crippen molar-refractivity contribution in [2.75, 3.05) is 0 Å². The maximum atomic E-state index is 12.4. The quantitative estimate of drug-likeness (QED) is 0.490. The Morgan fingerprint density at radius 2 is 1.72 bits per heavy atom. The van der Waals surface area contributed by atoms with Crippen LogP contribution in [-0.2, 0) is 6.42 Å². The van der Waals surface area contributed by atoms with Gasteiger partial charge in [0.05, 0.1) is 6.04 Å². The van der Waals surface area contributed by atoms with Crippen molar-refractivity contribution in [2.45, 2.75) is 25.3 Å². The summed E-state index contributed by atoms with van der Waals surface area (Å²) < 4.78 is 64.0. The lowest BCUT2D eigenvalue weighted by atomic mass is 10.1. The van der Waals surface area contributed by atoms with Gasteiger partial charge in [0.25, 0.3) is 6.43 Å². The molecule has 102 valence electrons. The number of hydrogen-bond donors (Lipinski definition) is 2. The standard InChI is InChI=1S/C10H11F5N2O/c11-9(12)8(17-16)5-6-1-3-7(4-2-6)18-10(13,14)15/h1-4,8-9,17H,5,16H2. The van der Waals surface area contributed by atoms with Crippen LogP contribution in [-0.4, -0.2) is 18.8 Å². The highest BCUT2D eigenvalue weighted by atomic mass is 19.4. The minimum absolute atomic E-state index is 0.0968. The molecule has 0 spiro atoms. The molecule has 0 aliphatic heterocycles. The Hall–Kier alpha value is -1.41. The summed E-state index contributed by atoms with van der Waals surface area (Å²) in [5.41, 5.74) is 2.37. The zero-order chi connectivity index (χ0) is 13.8. The highest BCUT2D eigenvalue weighted by Gasteiger charge is 2.31. The molecule has 0 amide bonds. The van der Waals surface area contributed by atoms with Gasteiger partial charge in [-0.3, -0.25) is 11.3 Å². The number of halogens is 5. The summed E-state index contributed by atoms with van der Waals surface area (Å²) >= 11 is 0. The van der Waals surface area contributed by atoms with Crippen molar-refractivity contribution in [1.29, 1.82) is 0 Å². The van der Waals surface area contributed by atoms with Gasteiger partial charge in [0.15, 0.2) is 0 Å². The molecule has 1 unspecified atom stereocenters. The van der Waals surface area contributed by atoms with E-state index in [0.717, 1.165) is 12.1 Å². The van der Waals surface area contributed by atoms with Crippen molar-refractivity contribution in [3.8, 4) is 5.75 Å². The molecule has 3 nitrogen and oxygen atoms in total. The van der Waals surface area contributed by atoms with Crippen LogP contribution in [0.2, 0.25) is 0 Å². The number of nitrogens with one attached hydrogen (secondary N) is 1. The van der Waals surface area contributed by atoms with Crippen molar-refractivity contribution in [2.24, 2.45) is 5.84 Å². The van der Waals surface area contributed by atoms with Gasteiger partial charge in [-0.05, 0) is 24.1 Å². The predicted octanol–water partition coefficient (Wildman–Crippen LogP) is 2.22. The molecule has 1 aromatic rings. The van der Waals surface area contributed by atoms with Crippen LogP contribution in [0.3, 0.4) is 0 Å². The average Bonchev–Trinajstić information content (AvgIpc) is 2.25. The van der Waals surface area contributed by atoms with Crippen LogP contribution < -0.4 is 16.0 Å². The van der Waals surface area contributed by atoms with E-state index in [2.05, 4.69) is 4.74 Å². The second kappa shape index (κ2) is 5.96. The normalized spacial score (nSPS) is 13.7. The molecule has 8 heteroatoms. The van der Waals surface area contributed by atoms with Crippen LogP contribution in [0.4, 0.5) is 22.0 Å². The summed E-state index contributed by atoms with van der Waals surface area (Å²) in [6.07, 6.45) is -7.53. The Morgan fingerprint density at radius 1 is 1.17 bits per heavy atom. The molecule has 0 aliphatic rings. The lowest BCUT2D eigenvalue weighted by Crippen LogP contribution is -2.42. The number of nitrogens with two attached hydrogens (primary N) is 1. The van der Waals surface area contributed by atoms with Crippen molar-refractivity contribution in [3.05, 3.63) is 29.8 Å². The van der Waals surface area contributed by atoms with E-state index in [1.807, 2.05) is 5.43 Å². The van der Waals surface area contributed by atoms with Crippen molar-refractivity contribution in [3.63, 3.8) is 0 Å². The SMILES string of the molecule is NNC(Cc1ccc(OC(F)(F)F)cc1)C(F)F. The van der Waals surface area contributed by atoms with Crippen LogP contribution in [0, 0.1) is 0 Å². The number of alkyl halides is 5. The largest absolute Gasteiger partial charge is 0.573 e. The van der Waals surface area contributed by atoms with Crippen molar-refractivity contribution in [1.82, 2.24) is 5.43 Å². The van der Waals surface area contributed by atoms with Gasteiger partial charge in [0, 0.05) is 0 Å². The van der Waals surface area contributed by atoms with Gasteiger partial charge in [0.1, 0.15) is 5.75 Å². The minimum atomic E-state index is -4.77. The summed E-state index contributed by atoms with van der Waals surface area (Å²) in [6.45, 7) is 0. The summed E-state index contributed by atoms with van der Waals surface area (Å²) in [5.74, 6) is 4.53. The molecule has 1 aromatic carbocycles. The van der Waals surface area contributed by atoms with Crippen LogP contribution >= 0.6 is 0 Å². The maximum Gasteiger partial charge on any atom is 0.573 e. The molecule has 1 rings (SSSR count). The predicted molar refractivity (Wildman–Crippen MR) is 53.9 cm³/mol. The number of hydrogen-bond acceptors (Lipinski definition) is 3. The van der Waals surface area contributed by atoms with Gasteiger partial charge in [-0.2, -0.15) is 0 Å². The summed E-state index contributed by atoms with van der Waals surface area (Å²) in [5, 5.41) is 0. The van der Waals surface area contributed by atoms with Gasteiger partial charge in [-0.15, -0.1) is 13.2 Å². The van der Waals surface area contributed by atoms with Gasteiger partial charge in [-0.1, -0.05) is 12.1 Å². The van der Waals surface area contributed by atoms with Crippen LogP contribution in [0.25, 0.3) is 0 Å². The second-order valence-corrected chi connectivity index (χ2v) is 3.50. The Morgan fingerprint density at radius 3 is 2.11 bits per heavy atom. The average molecular weight is 270 g/mol. The van der Waals surface area contributed by atoms with Crippen LogP contribution in [0.5, 0.6) is 5.75 Å². The van der Waals surface area contributed by atoms with E-state index in [0.29, 0.717) is 5.56 Å². The van der Waals surface area contributed by atoms with E-state index in [1.165, 1.54) is 12.1 Å². The van der Waals surface area contributed by atoms with Crippen LogP contribution in [0.15, 0.2) is 24.3 Å². The zero-order valence-electron chi connectivity index (χ0n) is 9.05. The fourth-order valence-electron chi connectivity index (χ4n) is 1.30. The molecule has 0 aliphatic carbocycles. The first-order valence-corrected chi connectivity index (χ1v) is 4.91. The second-order valence-electron chi connectivity index (χ2n) is 3.50. The molecule has 3 N–H and O–H groups in total. The van der Waals surface area contributed by atoms with E-state index in [4.69, 9.17) is 5.84 Å². The number of ether oxygens (including phenoxy) is 1. The highest BCUT2D eigenvalue weighted by Crippen LogP contribution is 2.23. The zero-order valence-corrected chi connectivity index (χ0v) is 9.05. The number of rotatable bonds is 5. The Bertz CT molecular complexity index is 366. The van der Waals surface area contributed by atoms with Crippen molar-refractivity contribution >= 4 is 0 Å². The fourth-order valence-corrected chi connectivity index (χ4v) is 1.30. The topological polar surface area (TPSA) is 47.3 Å². The smallest absolute Gasteiger partial charge is 0.406 e. The van der Waals surface area contributed by atoms with E-state index >= 15 is 0 Å².